The van der Waals surface area contributed by atoms with Crippen molar-refractivity contribution >= 4 is 7.12 Å². The zero-order chi connectivity index (χ0) is 11.6. The molecule has 8 heteroatoms. The number of hydrogen-bond acceptors (Lipinski definition) is 7. The Morgan fingerprint density at radius 1 is 1.13 bits per heavy atom. The molecule has 0 bridgehead atoms. The Balaban J connectivity index is 2.65. The third-order valence-electron chi connectivity index (χ3n) is 2.34. The van der Waals surface area contributed by atoms with Crippen molar-refractivity contribution in [1.29, 1.82) is 0 Å². The van der Waals surface area contributed by atoms with Crippen LogP contribution in [-0.4, -0.2) is 70.3 Å². The molecule has 1 aliphatic rings. The van der Waals surface area contributed by atoms with Crippen molar-refractivity contribution in [3.63, 3.8) is 0 Å². The second-order valence-corrected chi connectivity index (χ2v) is 3.47. The third kappa shape index (κ3) is 2.88. The first kappa shape index (κ1) is 12.9. The van der Waals surface area contributed by atoms with Crippen molar-refractivity contribution in [1.82, 2.24) is 0 Å². The molecule has 1 heterocycles. The number of rotatable bonds is 3. The summed E-state index contributed by atoms with van der Waals surface area (Å²) >= 11 is 0. The van der Waals surface area contributed by atoms with Gasteiger partial charge in [-0.3, -0.25) is 0 Å². The minimum absolute atomic E-state index is 0.273. The van der Waals surface area contributed by atoms with Crippen LogP contribution < -0.4 is 0 Å². The van der Waals surface area contributed by atoms with E-state index in [1.807, 2.05) is 0 Å². The lowest BCUT2D eigenvalue weighted by Crippen LogP contribution is -2.58. The normalized spacial score (nSPS) is 41.6. The van der Waals surface area contributed by atoms with Crippen molar-refractivity contribution < 1.29 is 34.8 Å². The van der Waals surface area contributed by atoms with E-state index in [1.165, 1.54) is 7.11 Å². The molecule has 0 aliphatic carbocycles. The summed E-state index contributed by atoms with van der Waals surface area (Å²) in [5, 5.41) is 45.7. The summed E-state index contributed by atoms with van der Waals surface area (Å²) in [5.74, 6) is 0. The molecule has 0 aromatic heterocycles. The van der Waals surface area contributed by atoms with E-state index >= 15 is 0 Å². The Morgan fingerprint density at radius 2 is 1.73 bits per heavy atom. The van der Waals surface area contributed by atoms with Crippen LogP contribution in [0.2, 0.25) is 6.32 Å². The highest BCUT2D eigenvalue weighted by atomic mass is 16.7. The maximum absolute atomic E-state index is 9.46. The van der Waals surface area contributed by atoms with Gasteiger partial charge in [-0.15, -0.1) is 0 Å². The summed E-state index contributed by atoms with van der Waals surface area (Å²) in [7, 11) is -0.394. The van der Waals surface area contributed by atoms with Crippen molar-refractivity contribution in [2.75, 3.05) is 7.11 Å². The second kappa shape index (κ2) is 5.22. The highest BCUT2D eigenvalue weighted by molar-refractivity contribution is 6.41. The number of ether oxygens (including phenoxy) is 2. The summed E-state index contributed by atoms with van der Waals surface area (Å²) in [6, 6.07) is 0. The molecule has 1 aliphatic heterocycles. The molecule has 0 aromatic carbocycles. The van der Waals surface area contributed by atoms with Gasteiger partial charge in [0.25, 0.3) is 0 Å². The van der Waals surface area contributed by atoms with Crippen LogP contribution in [0.1, 0.15) is 0 Å². The highest BCUT2D eigenvalue weighted by Crippen LogP contribution is 2.24. The molecule has 0 radical (unpaired) electrons. The van der Waals surface area contributed by atoms with Crippen molar-refractivity contribution in [2.45, 2.75) is 37.0 Å². The third-order valence-corrected chi connectivity index (χ3v) is 2.34. The fourth-order valence-electron chi connectivity index (χ4n) is 1.51. The van der Waals surface area contributed by atoms with Gasteiger partial charge < -0.3 is 34.8 Å². The maximum atomic E-state index is 9.46. The number of aliphatic hydroxyl groups excluding tert-OH is 3. The molecule has 5 atom stereocenters. The lowest BCUT2D eigenvalue weighted by atomic mass is 9.79. The average molecular weight is 222 g/mol. The molecule has 88 valence electrons. The summed E-state index contributed by atoms with van der Waals surface area (Å²) in [4.78, 5) is 0. The molecular weight excluding hydrogens is 207 g/mol. The first-order valence-corrected chi connectivity index (χ1v) is 4.56. The molecule has 5 N–H and O–H groups in total. The van der Waals surface area contributed by atoms with Crippen LogP contribution in [-0.2, 0) is 9.47 Å². The fourth-order valence-corrected chi connectivity index (χ4v) is 1.51. The lowest BCUT2D eigenvalue weighted by molar-refractivity contribution is -0.286. The van der Waals surface area contributed by atoms with Crippen LogP contribution >= 0.6 is 0 Å². The Morgan fingerprint density at radius 3 is 2.20 bits per heavy atom. The van der Waals surface area contributed by atoms with Gasteiger partial charge in [0.15, 0.2) is 6.29 Å². The summed E-state index contributed by atoms with van der Waals surface area (Å²) < 4.78 is 9.77. The van der Waals surface area contributed by atoms with Gasteiger partial charge in [-0.05, 0) is 0 Å². The van der Waals surface area contributed by atoms with E-state index in [-0.39, 0.29) is 6.32 Å². The van der Waals surface area contributed by atoms with Crippen molar-refractivity contribution in [3.05, 3.63) is 0 Å². The van der Waals surface area contributed by atoms with Gasteiger partial charge in [0, 0.05) is 13.4 Å². The minimum Gasteiger partial charge on any atom is -0.427 e. The van der Waals surface area contributed by atoms with Gasteiger partial charge in [-0.2, -0.15) is 0 Å². The topological polar surface area (TPSA) is 120 Å². The zero-order valence-corrected chi connectivity index (χ0v) is 8.22. The SMILES string of the molecule is CO[C@@H]1O[C@H](CB(O)O)[C@@H](O)[C@H](O)[C@H]1O. The zero-order valence-electron chi connectivity index (χ0n) is 8.22. The fraction of sp³-hybridized carbons (Fsp3) is 1.00. The van der Waals surface area contributed by atoms with Gasteiger partial charge in [-0.25, -0.2) is 0 Å². The molecule has 0 saturated carbocycles. The van der Waals surface area contributed by atoms with Crippen LogP contribution in [0.25, 0.3) is 0 Å². The van der Waals surface area contributed by atoms with Gasteiger partial charge in [0.1, 0.15) is 18.3 Å². The Hall–Kier alpha value is -0.215. The molecule has 7 nitrogen and oxygen atoms in total. The van der Waals surface area contributed by atoms with Crippen LogP contribution in [0, 0.1) is 0 Å². The smallest absolute Gasteiger partial charge is 0.427 e. The predicted octanol–water partition coefficient (Wildman–Crippen LogP) is -3.09. The standard InChI is InChI=1S/C7H15BO7/c1-14-7-6(11)5(10)4(9)3(15-7)2-8(12)13/h3-7,9-13H,2H2,1H3/t3-,4-,5+,6-,7-/m1/s1. The van der Waals surface area contributed by atoms with Crippen molar-refractivity contribution in [2.24, 2.45) is 0 Å². The monoisotopic (exact) mass is 222 g/mol. The quantitative estimate of drug-likeness (QED) is 0.321. The van der Waals surface area contributed by atoms with Crippen LogP contribution in [0.15, 0.2) is 0 Å². The molecule has 1 rings (SSSR count). The first-order chi connectivity index (χ1) is 6.97. The van der Waals surface area contributed by atoms with Crippen LogP contribution in [0.3, 0.4) is 0 Å². The molecular formula is C7H15BO7. The van der Waals surface area contributed by atoms with E-state index < -0.39 is 37.8 Å². The Kier molecular flexibility index (Phi) is 4.47. The molecule has 0 unspecified atom stereocenters. The van der Waals surface area contributed by atoms with Gasteiger partial charge in [0.2, 0.25) is 0 Å². The predicted molar refractivity (Wildman–Crippen MR) is 48.7 cm³/mol. The van der Waals surface area contributed by atoms with Gasteiger partial charge >= 0.3 is 7.12 Å². The van der Waals surface area contributed by atoms with E-state index in [4.69, 9.17) is 19.5 Å². The largest absolute Gasteiger partial charge is 0.454 e. The molecule has 15 heavy (non-hydrogen) atoms. The second-order valence-electron chi connectivity index (χ2n) is 3.47. The van der Waals surface area contributed by atoms with Crippen LogP contribution in [0.5, 0.6) is 0 Å². The van der Waals surface area contributed by atoms with E-state index in [9.17, 15) is 15.3 Å². The summed E-state index contributed by atoms with van der Waals surface area (Å²) in [5.41, 5.74) is 0. The van der Waals surface area contributed by atoms with Gasteiger partial charge in [0.05, 0.1) is 6.10 Å². The van der Waals surface area contributed by atoms with E-state index in [0.29, 0.717) is 0 Å². The van der Waals surface area contributed by atoms with Crippen LogP contribution in [0.4, 0.5) is 0 Å². The van der Waals surface area contributed by atoms with E-state index in [1.54, 1.807) is 0 Å². The number of hydrogen-bond donors (Lipinski definition) is 5. The maximum Gasteiger partial charge on any atom is 0.454 e. The summed E-state index contributed by atoms with van der Waals surface area (Å²) in [6.45, 7) is 0. The molecule has 1 fully saturated rings. The molecule has 1 saturated heterocycles. The Bertz CT molecular complexity index is 200. The number of methoxy groups -OCH3 is 1. The average Bonchev–Trinajstić information content (AvgIpc) is 2.18. The minimum atomic E-state index is -1.66. The first-order valence-electron chi connectivity index (χ1n) is 4.56. The molecule has 0 amide bonds. The lowest BCUT2D eigenvalue weighted by Gasteiger charge is -2.39. The number of aliphatic hydroxyl groups is 3. The highest BCUT2D eigenvalue weighted by Gasteiger charge is 2.44. The van der Waals surface area contributed by atoms with Gasteiger partial charge in [-0.1, -0.05) is 0 Å². The van der Waals surface area contributed by atoms with E-state index in [0.717, 1.165) is 0 Å². The molecule has 0 aromatic rings. The Labute approximate surface area is 87.0 Å². The summed E-state index contributed by atoms with van der Waals surface area (Å²) in [6.07, 6.45) is -6.54. The molecule has 0 spiro atoms. The van der Waals surface area contributed by atoms with Crippen molar-refractivity contribution in [3.8, 4) is 0 Å². The van der Waals surface area contributed by atoms with E-state index in [2.05, 4.69) is 0 Å².